The van der Waals surface area contributed by atoms with Crippen LogP contribution in [-0.2, 0) is 21.1 Å². The molecule has 1 heterocycles. The summed E-state index contributed by atoms with van der Waals surface area (Å²) in [7, 11) is -3.33. The zero-order chi connectivity index (χ0) is 16.2. The van der Waals surface area contributed by atoms with E-state index >= 15 is 0 Å². The number of nitrogens with one attached hydrogen (secondary N) is 1. The number of sulfone groups is 1. The van der Waals surface area contributed by atoms with Gasteiger partial charge in [-0.2, -0.15) is 0 Å². The van der Waals surface area contributed by atoms with E-state index in [9.17, 15) is 13.2 Å². The van der Waals surface area contributed by atoms with Crippen molar-refractivity contribution in [3.63, 3.8) is 0 Å². The third-order valence-corrected chi connectivity index (χ3v) is 6.67. The van der Waals surface area contributed by atoms with Crippen LogP contribution in [0.4, 0.5) is 0 Å². The summed E-state index contributed by atoms with van der Waals surface area (Å²) in [5.74, 6) is 0.158. The Labute approximate surface area is 136 Å². The minimum absolute atomic E-state index is 0.427. The minimum atomic E-state index is -3.33. The van der Waals surface area contributed by atoms with Gasteiger partial charge >= 0.3 is 0 Å². The average molecular weight is 345 g/mol. The maximum atomic E-state index is 11.7. The summed E-state index contributed by atoms with van der Waals surface area (Å²) in [6, 6.07) is 0. The van der Waals surface area contributed by atoms with Gasteiger partial charge in [-0.25, -0.2) is 13.4 Å². The molecule has 0 bridgehead atoms. The van der Waals surface area contributed by atoms with Crippen LogP contribution in [-0.4, -0.2) is 37.4 Å². The zero-order valence-electron chi connectivity index (χ0n) is 13.2. The summed E-state index contributed by atoms with van der Waals surface area (Å²) in [6.45, 7) is 1.84. The summed E-state index contributed by atoms with van der Waals surface area (Å²) < 4.78 is 22.6. The van der Waals surface area contributed by atoms with Gasteiger partial charge in [0.05, 0.1) is 10.7 Å². The summed E-state index contributed by atoms with van der Waals surface area (Å²) in [4.78, 5) is 16.4. The third-order valence-electron chi connectivity index (χ3n) is 4.24. The molecule has 1 aliphatic carbocycles. The van der Waals surface area contributed by atoms with Crippen LogP contribution in [0, 0.1) is 0 Å². The van der Waals surface area contributed by atoms with E-state index in [1.54, 1.807) is 11.3 Å². The normalized spacial score (nSPS) is 18.1. The van der Waals surface area contributed by atoms with Crippen molar-refractivity contribution in [3.8, 4) is 0 Å². The Morgan fingerprint density at radius 3 is 2.73 bits per heavy atom. The van der Waals surface area contributed by atoms with E-state index in [0.717, 1.165) is 11.3 Å². The second-order valence-electron chi connectivity index (χ2n) is 6.01. The topological polar surface area (TPSA) is 76.1 Å². The van der Waals surface area contributed by atoms with Crippen LogP contribution < -0.4 is 5.32 Å². The summed E-state index contributed by atoms with van der Waals surface area (Å²) in [5, 5.41) is 4.81. The third kappa shape index (κ3) is 4.78. The van der Waals surface area contributed by atoms with E-state index in [-0.39, 0.29) is 0 Å². The lowest BCUT2D eigenvalue weighted by Gasteiger charge is -2.19. The second-order valence-corrected chi connectivity index (χ2v) is 9.32. The SMILES string of the molecule is C[C@H](C(=O)NCCc1nc(C2CCCCC2)cs1)S(C)(=O)=O. The molecule has 1 aromatic heterocycles. The van der Waals surface area contributed by atoms with Crippen LogP contribution in [0.25, 0.3) is 0 Å². The lowest BCUT2D eigenvalue weighted by atomic mass is 9.87. The number of hydrogen-bond acceptors (Lipinski definition) is 5. The molecule has 22 heavy (non-hydrogen) atoms. The van der Waals surface area contributed by atoms with Gasteiger partial charge in [0.15, 0.2) is 9.84 Å². The molecule has 0 radical (unpaired) electrons. The van der Waals surface area contributed by atoms with Gasteiger partial charge in [-0.15, -0.1) is 11.3 Å². The molecule has 0 unspecified atom stereocenters. The quantitative estimate of drug-likeness (QED) is 0.859. The van der Waals surface area contributed by atoms with Gasteiger partial charge in [0.25, 0.3) is 0 Å². The Bertz CT molecular complexity index is 604. The van der Waals surface area contributed by atoms with Crippen LogP contribution >= 0.6 is 11.3 Å². The van der Waals surface area contributed by atoms with Crippen LogP contribution in [0.15, 0.2) is 5.38 Å². The second kappa shape index (κ2) is 7.55. The molecule has 1 fully saturated rings. The van der Waals surface area contributed by atoms with Gasteiger partial charge in [0.1, 0.15) is 5.25 Å². The van der Waals surface area contributed by atoms with E-state index in [0.29, 0.717) is 18.9 Å². The number of hydrogen-bond donors (Lipinski definition) is 1. The maximum absolute atomic E-state index is 11.7. The van der Waals surface area contributed by atoms with Crippen molar-refractivity contribution in [2.45, 2.75) is 56.6 Å². The molecule has 0 aromatic carbocycles. The molecule has 7 heteroatoms. The first-order valence-electron chi connectivity index (χ1n) is 7.79. The Morgan fingerprint density at radius 2 is 2.09 bits per heavy atom. The van der Waals surface area contributed by atoms with E-state index in [1.165, 1.54) is 44.7 Å². The molecule has 2 rings (SSSR count). The first kappa shape index (κ1) is 17.4. The van der Waals surface area contributed by atoms with E-state index in [2.05, 4.69) is 15.7 Å². The van der Waals surface area contributed by atoms with Crippen molar-refractivity contribution in [2.75, 3.05) is 12.8 Å². The lowest BCUT2D eigenvalue weighted by molar-refractivity contribution is -0.120. The minimum Gasteiger partial charge on any atom is -0.355 e. The number of carbonyl (C=O) groups excluding carboxylic acids is 1. The molecule has 1 aliphatic rings. The van der Waals surface area contributed by atoms with E-state index in [4.69, 9.17) is 0 Å². The monoisotopic (exact) mass is 344 g/mol. The molecular formula is C15H24N2O3S2. The van der Waals surface area contributed by atoms with Crippen LogP contribution in [0.2, 0.25) is 0 Å². The lowest BCUT2D eigenvalue weighted by Crippen LogP contribution is -2.38. The fourth-order valence-corrected chi connectivity index (χ4v) is 4.01. The first-order valence-corrected chi connectivity index (χ1v) is 10.6. The summed E-state index contributed by atoms with van der Waals surface area (Å²) in [5.41, 5.74) is 1.19. The molecule has 0 aliphatic heterocycles. The largest absolute Gasteiger partial charge is 0.355 e. The van der Waals surface area contributed by atoms with Crippen molar-refractivity contribution in [3.05, 3.63) is 16.1 Å². The smallest absolute Gasteiger partial charge is 0.238 e. The standard InChI is InChI=1S/C15H24N2O3S2/c1-11(22(2,19)20)15(18)16-9-8-14-17-13(10-21-14)12-6-4-3-5-7-12/h10-12H,3-9H2,1-2H3,(H,16,18)/t11-/m1/s1. The summed E-state index contributed by atoms with van der Waals surface area (Å²) >= 11 is 1.63. The molecule has 1 N–H and O–H groups in total. The molecule has 0 spiro atoms. The highest BCUT2D eigenvalue weighted by atomic mass is 32.2. The number of rotatable bonds is 6. The molecule has 1 saturated carbocycles. The van der Waals surface area contributed by atoms with Crippen molar-refractivity contribution in [1.29, 1.82) is 0 Å². The molecular weight excluding hydrogens is 320 g/mol. The van der Waals surface area contributed by atoms with Gasteiger partial charge in [-0.05, 0) is 19.8 Å². The number of aromatic nitrogens is 1. The number of thiazole rings is 1. The maximum Gasteiger partial charge on any atom is 0.238 e. The predicted octanol–water partition coefficient (Wildman–Crippen LogP) is 2.28. The highest BCUT2D eigenvalue weighted by molar-refractivity contribution is 7.92. The van der Waals surface area contributed by atoms with Gasteiger partial charge in [0.2, 0.25) is 5.91 Å². The van der Waals surface area contributed by atoms with Crippen molar-refractivity contribution < 1.29 is 13.2 Å². The van der Waals surface area contributed by atoms with Crippen LogP contribution in [0.5, 0.6) is 0 Å². The van der Waals surface area contributed by atoms with E-state index < -0.39 is 21.0 Å². The van der Waals surface area contributed by atoms with Crippen LogP contribution in [0.3, 0.4) is 0 Å². The van der Waals surface area contributed by atoms with Crippen LogP contribution in [0.1, 0.15) is 55.6 Å². The predicted molar refractivity (Wildman–Crippen MR) is 89.0 cm³/mol. The fraction of sp³-hybridized carbons (Fsp3) is 0.733. The van der Waals surface area contributed by atoms with Gasteiger partial charge in [-0.3, -0.25) is 4.79 Å². The van der Waals surface area contributed by atoms with Crippen molar-refractivity contribution in [1.82, 2.24) is 10.3 Å². The highest BCUT2D eigenvalue weighted by Crippen LogP contribution is 2.33. The van der Waals surface area contributed by atoms with Gasteiger partial charge < -0.3 is 5.32 Å². The van der Waals surface area contributed by atoms with Crippen molar-refractivity contribution >= 4 is 27.1 Å². The Balaban J connectivity index is 1.80. The number of nitrogens with zero attached hydrogens (tertiary/aromatic N) is 1. The Hall–Kier alpha value is -0.950. The molecule has 1 aromatic rings. The van der Waals surface area contributed by atoms with Crippen molar-refractivity contribution in [2.24, 2.45) is 0 Å². The van der Waals surface area contributed by atoms with Gasteiger partial charge in [0, 0.05) is 30.5 Å². The Kier molecular flexibility index (Phi) is 5.97. The first-order chi connectivity index (χ1) is 10.4. The molecule has 124 valence electrons. The molecule has 5 nitrogen and oxygen atoms in total. The van der Waals surface area contributed by atoms with E-state index in [1.807, 2.05) is 0 Å². The summed E-state index contributed by atoms with van der Waals surface area (Å²) in [6.07, 6.45) is 8.09. The zero-order valence-corrected chi connectivity index (χ0v) is 14.8. The number of amides is 1. The number of carbonyl (C=O) groups is 1. The molecule has 1 amide bonds. The van der Waals surface area contributed by atoms with Gasteiger partial charge in [-0.1, -0.05) is 19.3 Å². The highest BCUT2D eigenvalue weighted by Gasteiger charge is 2.23. The molecule has 1 atom stereocenters. The fourth-order valence-electron chi connectivity index (χ4n) is 2.66. The average Bonchev–Trinajstić information content (AvgIpc) is 2.95. The Morgan fingerprint density at radius 1 is 1.41 bits per heavy atom. The molecule has 0 saturated heterocycles.